The molecule has 0 saturated carbocycles. The molecule has 40 heavy (non-hydrogen) atoms. The normalized spacial score (nSPS) is 16.4. The minimum atomic E-state index is -0.423. The van der Waals surface area contributed by atoms with Crippen LogP contribution in [0.4, 0.5) is 15.8 Å². The van der Waals surface area contributed by atoms with E-state index in [9.17, 15) is 14.0 Å². The fourth-order valence-corrected chi connectivity index (χ4v) is 4.88. The molecule has 1 saturated heterocycles. The number of hydrogen-bond donors (Lipinski definition) is 1. The van der Waals surface area contributed by atoms with Gasteiger partial charge in [-0.15, -0.1) is 0 Å². The summed E-state index contributed by atoms with van der Waals surface area (Å²) in [6.07, 6.45) is 2.37. The second-order valence-electron chi connectivity index (χ2n) is 9.75. The highest BCUT2D eigenvalue weighted by molar-refractivity contribution is 6.12. The van der Waals surface area contributed by atoms with E-state index in [0.717, 1.165) is 44.9 Å². The number of rotatable bonds is 9. The van der Waals surface area contributed by atoms with Gasteiger partial charge < -0.3 is 19.7 Å². The van der Waals surface area contributed by atoms with Crippen LogP contribution in [-0.4, -0.2) is 69.6 Å². The number of piperazine rings is 1. The maximum atomic E-state index is 13.3. The molecular weight excluding hydrogens is 511 g/mol. The van der Waals surface area contributed by atoms with Gasteiger partial charge in [0.15, 0.2) is 11.5 Å². The molecule has 1 N–H and O–H groups in total. The number of amides is 2. The molecule has 2 heterocycles. The molecule has 0 spiro atoms. The van der Waals surface area contributed by atoms with E-state index in [0.29, 0.717) is 23.5 Å². The number of fused-ring (bicyclic) bond motifs is 1. The Morgan fingerprint density at radius 3 is 2.45 bits per heavy atom. The monoisotopic (exact) mass is 544 g/mol. The van der Waals surface area contributed by atoms with E-state index >= 15 is 0 Å². The van der Waals surface area contributed by atoms with Crippen LogP contribution in [0.25, 0.3) is 6.08 Å². The number of nitrogens with zero attached hydrogens (tertiary/aromatic N) is 3. The zero-order valence-electron chi connectivity index (χ0n) is 22.5. The van der Waals surface area contributed by atoms with Crippen molar-refractivity contribution in [3.8, 4) is 11.5 Å². The lowest BCUT2D eigenvalue weighted by Crippen LogP contribution is -2.47. The first-order valence-electron chi connectivity index (χ1n) is 13.4. The van der Waals surface area contributed by atoms with E-state index in [1.165, 1.54) is 22.7 Å². The van der Waals surface area contributed by atoms with Crippen molar-refractivity contribution in [3.63, 3.8) is 0 Å². The molecule has 0 aliphatic carbocycles. The molecule has 0 unspecified atom stereocenters. The topological polar surface area (TPSA) is 74.4 Å². The van der Waals surface area contributed by atoms with Gasteiger partial charge in [0.1, 0.15) is 18.1 Å². The fourth-order valence-electron chi connectivity index (χ4n) is 4.88. The van der Waals surface area contributed by atoms with Gasteiger partial charge in [-0.3, -0.25) is 19.4 Å². The quantitative estimate of drug-likeness (QED) is 0.325. The SMILES string of the molecule is COc1ccc(N2CCN(CCCNC(=O)CN3C(=O)C(=Cc4ccc(F)cc4)Oc4ccccc43)CC2)cc1. The molecule has 2 amide bonds. The van der Waals surface area contributed by atoms with E-state index in [1.54, 1.807) is 49.6 Å². The number of benzene rings is 3. The van der Waals surface area contributed by atoms with E-state index in [4.69, 9.17) is 9.47 Å². The predicted molar refractivity (Wildman–Crippen MR) is 153 cm³/mol. The van der Waals surface area contributed by atoms with Crippen LogP contribution in [0.5, 0.6) is 11.5 Å². The highest BCUT2D eigenvalue weighted by Gasteiger charge is 2.31. The van der Waals surface area contributed by atoms with E-state index < -0.39 is 5.91 Å². The molecule has 0 bridgehead atoms. The zero-order chi connectivity index (χ0) is 27.9. The summed E-state index contributed by atoms with van der Waals surface area (Å²) in [5, 5.41) is 2.95. The first kappa shape index (κ1) is 27.2. The predicted octanol–water partition coefficient (Wildman–Crippen LogP) is 3.93. The number of halogens is 1. The first-order valence-corrected chi connectivity index (χ1v) is 13.4. The van der Waals surface area contributed by atoms with Crippen LogP contribution < -0.4 is 24.6 Å². The Hall–Kier alpha value is -4.37. The summed E-state index contributed by atoms with van der Waals surface area (Å²) in [4.78, 5) is 32.3. The summed E-state index contributed by atoms with van der Waals surface area (Å²) < 4.78 is 24.4. The van der Waals surface area contributed by atoms with Gasteiger partial charge in [-0.05, 0) is 73.1 Å². The minimum Gasteiger partial charge on any atom is -0.497 e. The van der Waals surface area contributed by atoms with Crippen LogP contribution in [0.15, 0.2) is 78.6 Å². The summed E-state index contributed by atoms with van der Waals surface area (Å²) >= 11 is 0. The molecule has 3 aromatic carbocycles. The van der Waals surface area contributed by atoms with Gasteiger partial charge in [0.2, 0.25) is 5.91 Å². The average Bonchev–Trinajstić information content (AvgIpc) is 2.99. The maximum absolute atomic E-state index is 13.3. The lowest BCUT2D eigenvalue weighted by Gasteiger charge is -2.36. The Kier molecular flexibility index (Phi) is 8.61. The molecular formula is C31H33FN4O4. The second kappa shape index (κ2) is 12.7. The van der Waals surface area contributed by atoms with E-state index in [1.807, 2.05) is 12.1 Å². The summed E-state index contributed by atoms with van der Waals surface area (Å²) in [5.41, 5.74) is 2.36. The number of nitrogens with one attached hydrogen (secondary N) is 1. The number of carbonyl (C=O) groups is 2. The lowest BCUT2D eigenvalue weighted by atomic mass is 10.1. The molecule has 9 heteroatoms. The highest BCUT2D eigenvalue weighted by atomic mass is 19.1. The smallest absolute Gasteiger partial charge is 0.294 e. The Balaban J connectivity index is 1.10. The first-order chi connectivity index (χ1) is 19.5. The summed E-state index contributed by atoms with van der Waals surface area (Å²) in [7, 11) is 1.67. The van der Waals surface area contributed by atoms with Crippen LogP contribution in [0.2, 0.25) is 0 Å². The fraction of sp³-hybridized carbons (Fsp3) is 0.290. The van der Waals surface area contributed by atoms with Gasteiger partial charge in [0.05, 0.1) is 12.8 Å². The average molecular weight is 545 g/mol. The van der Waals surface area contributed by atoms with Crippen molar-refractivity contribution in [2.75, 3.05) is 62.7 Å². The summed E-state index contributed by atoms with van der Waals surface area (Å²) in [5.74, 6) is 0.387. The molecule has 0 atom stereocenters. The Morgan fingerprint density at radius 1 is 1.00 bits per heavy atom. The van der Waals surface area contributed by atoms with E-state index in [-0.39, 0.29) is 24.0 Å². The second-order valence-corrected chi connectivity index (χ2v) is 9.75. The van der Waals surface area contributed by atoms with Crippen molar-refractivity contribution in [3.05, 3.63) is 89.9 Å². The molecule has 5 rings (SSSR count). The molecule has 0 radical (unpaired) electrons. The third-order valence-electron chi connectivity index (χ3n) is 7.08. The van der Waals surface area contributed by atoms with Crippen molar-refractivity contribution in [1.82, 2.24) is 10.2 Å². The van der Waals surface area contributed by atoms with Gasteiger partial charge in [0.25, 0.3) is 5.91 Å². The lowest BCUT2D eigenvalue weighted by molar-refractivity contribution is -0.123. The minimum absolute atomic E-state index is 0.0758. The largest absolute Gasteiger partial charge is 0.497 e. The van der Waals surface area contributed by atoms with Crippen molar-refractivity contribution in [2.45, 2.75) is 6.42 Å². The Labute approximate surface area is 233 Å². The molecule has 2 aliphatic heterocycles. The molecule has 1 fully saturated rings. The van der Waals surface area contributed by atoms with Gasteiger partial charge in [0, 0.05) is 38.4 Å². The molecule has 8 nitrogen and oxygen atoms in total. The van der Waals surface area contributed by atoms with Crippen molar-refractivity contribution in [1.29, 1.82) is 0 Å². The highest BCUT2D eigenvalue weighted by Crippen LogP contribution is 2.35. The van der Waals surface area contributed by atoms with Crippen LogP contribution in [-0.2, 0) is 9.59 Å². The van der Waals surface area contributed by atoms with Gasteiger partial charge in [-0.1, -0.05) is 24.3 Å². The number of carbonyl (C=O) groups excluding carboxylic acids is 2. The van der Waals surface area contributed by atoms with Crippen molar-refractivity contribution in [2.24, 2.45) is 0 Å². The van der Waals surface area contributed by atoms with E-state index in [2.05, 4.69) is 27.2 Å². The summed E-state index contributed by atoms with van der Waals surface area (Å²) in [6.45, 7) is 5.11. The van der Waals surface area contributed by atoms with Crippen molar-refractivity contribution >= 4 is 29.3 Å². The number of ether oxygens (including phenoxy) is 2. The Morgan fingerprint density at radius 2 is 1.73 bits per heavy atom. The number of hydrogen-bond acceptors (Lipinski definition) is 6. The maximum Gasteiger partial charge on any atom is 0.294 e. The standard InChI is InChI=1S/C31H33FN4O4/c1-39-26-13-11-25(12-14-26)35-19-17-34(18-20-35)16-4-15-33-30(37)22-36-27-5-2-3-6-28(27)40-29(31(36)38)21-23-7-9-24(32)10-8-23/h2-3,5-14,21H,4,15-20,22H2,1H3,(H,33,37). The number of anilines is 2. The summed E-state index contributed by atoms with van der Waals surface area (Å²) in [6, 6.07) is 21.0. The third kappa shape index (κ3) is 6.60. The van der Waals surface area contributed by atoms with Crippen LogP contribution in [0, 0.1) is 5.82 Å². The van der Waals surface area contributed by atoms with Gasteiger partial charge in [-0.2, -0.15) is 0 Å². The number of para-hydroxylation sites is 2. The van der Waals surface area contributed by atoms with Crippen LogP contribution >= 0.6 is 0 Å². The Bertz CT molecular complexity index is 1350. The van der Waals surface area contributed by atoms with Gasteiger partial charge >= 0.3 is 0 Å². The van der Waals surface area contributed by atoms with Crippen LogP contribution in [0.3, 0.4) is 0 Å². The van der Waals surface area contributed by atoms with Gasteiger partial charge in [-0.25, -0.2) is 4.39 Å². The third-order valence-corrected chi connectivity index (χ3v) is 7.08. The molecule has 0 aromatic heterocycles. The molecule has 2 aliphatic rings. The zero-order valence-corrected chi connectivity index (χ0v) is 22.5. The molecule has 208 valence electrons. The molecule has 3 aromatic rings. The van der Waals surface area contributed by atoms with Crippen LogP contribution in [0.1, 0.15) is 12.0 Å². The number of methoxy groups -OCH3 is 1. The van der Waals surface area contributed by atoms with Crippen molar-refractivity contribution < 1.29 is 23.5 Å².